The van der Waals surface area contributed by atoms with E-state index in [1.807, 2.05) is 0 Å². The Bertz CT molecular complexity index is 806. The van der Waals surface area contributed by atoms with E-state index in [0.29, 0.717) is 11.5 Å². The van der Waals surface area contributed by atoms with Crippen molar-refractivity contribution in [1.82, 2.24) is 0 Å². The van der Waals surface area contributed by atoms with Gasteiger partial charge in [-0.2, -0.15) is 0 Å². The second-order valence-corrected chi connectivity index (χ2v) is 5.26. The minimum atomic E-state index is -0.672. The van der Waals surface area contributed by atoms with Crippen molar-refractivity contribution < 1.29 is 28.7 Å². The average Bonchev–Trinajstić information content (AvgIpc) is 2.67. The summed E-state index contributed by atoms with van der Waals surface area (Å²) in [4.78, 5) is 33.7. The zero-order valence-electron chi connectivity index (χ0n) is 14.5. The van der Waals surface area contributed by atoms with Crippen molar-refractivity contribution in [3.05, 3.63) is 58.6 Å². The number of amides is 1. The third kappa shape index (κ3) is 6.31. The molecule has 2 rings (SSSR count). The molecule has 0 aliphatic carbocycles. The normalized spacial score (nSPS) is 9.96. The number of hydrogen-bond acceptors (Lipinski definition) is 7. The highest BCUT2D eigenvalue weighted by Gasteiger charge is 2.15. The molecule has 0 bridgehead atoms. The summed E-state index contributed by atoms with van der Waals surface area (Å²) >= 11 is 0. The molecule has 0 saturated carbocycles. The molecule has 0 aliphatic rings. The molecule has 0 fully saturated rings. The van der Waals surface area contributed by atoms with Gasteiger partial charge in [0.2, 0.25) is 0 Å². The molecule has 0 spiro atoms. The van der Waals surface area contributed by atoms with Crippen LogP contribution in [0, 0.1) is 10.1 Å². The predicted molar refractivity (Wildman–Crippen MR) is 95.8 cm³/mol. The maximum atomic E-state index is 11.8. The summed E-state index contributed by atoms with van der Waals surface area (Å²) in [6.07, 6.45) is -0.0508. The lowest BCUT2D eigenvalue weighted by Gasteiger charge is -2.08. The molecule has 142 valence electrons. The van der Waals surface area contributed by atoms with Gasteiger partial charge in [0.25, 0.3) is 11.6 Å². The van der Waals surface area contributed by atoms with Gasteiger partial charge >= 0.3 is 5.97 Å². The van der Waals surface area contributed by atoms with Crippen LogP contribution >= 0.6 is 0 Å². The summed E-state index contributed by atoms with van der Waals surface area (Å²) in [6.45, 7) is -0.468. The molecule has 0 aliphatic heterocycles. The number of methoxy groups -OCH3 is 1. The molecule has 0 atom stereocenters. The maximum Gasteiger partial charge on any atom is 0.309 e. The number of nitrogens with one attached hydrogen (secondary N) is 1. The van der Waals surface area contributed by atoms with Gasteiger partial charge in [0, 0.05) is 6.07 Å². The minimum absolute atomic E-state index is 0.0337. The molecule has 9 nitrogen and oxygen atoms in total. The molecule has 0 saturated heterocycles. The molecule has 0 heterocycles. The van der Waals surface area contributed by atoms with E-state index in [1.54, 1.807) is 37.4 Å². The average molecular weight is 374 g/mol. The first-order valence-corrected chi connectivity index (χ1v) is 7.95. The lowest BCUT2D eigenvalue weighted by Crippen LogP contribution is -2.22. The van der Waals surface area contributed by atoms with Crippen LogP contribution in [0.5, 0.6) is 11.5 Å². The second-order valence-electron chi connectivity index (χ2n) is 5.26. The number of carbonyl (C=O) groups excluding carboxylic acids is 2. The Kier molecular flexibility index (Phi) is 7.12. The highest BCUT2D eigenvalue weighted by molar-refractivity contribution is 5.94. The molecular formula is C18H18N2O7. The summed E-state index contributed by atoms with van der Waals surface area (Å²) in [7, 11) is 1.55. The monoisotopic (exact) mass is 374 g/mol. The van der Waals surface area contributed by atoms with Crippen LogP contribution in [0.25, 0.3) is 0 Å². The Balaban J connectivity index is 1.72. The predicted octanol–water partition coefficient (Wildman–Crippen LogP) is 2.55. The molecule has 9 heteroatoms. The van der Waals surface area contributed by atoms with Crippen molar-refractivity contribution in [2.75, 3.05) is 25.6 Å². The number of ether oxygens (including phenoxy) is 3. The zero-order chi connectivity index (χ0) is 19.6. The highest BCUT2D eigenvalue weighted by atomic mass is 16.6. The number of para-hydroxylation sites is 2. The highest BCUT2D eigenvalue weighted by Crippen LogP contribution is 2.23. The van der Waals surface area contributed by atoms with Gasteiger partial charge < -0.3 is 19.5 Å². The van der Waals surface area contributed by atoms with Crippen molar-refractivity contribution >= 4 is 23.3 Å². The van der Waals surface area contributed by atoms with Crippen LogP contribution in [-0.2, 0) is 14.3 Å². The maximum absolute atomic E-state index is 11.8. The van der Waals surface area contributed by atoms with E-state index in [0.717, 1.165) is 0 Å². The summed E-state index contributed by atoms with van der Waals surface area (Å²) in [5.74, 6) is -0.0425. The molecule has 0 unspecified atom stereocenters. The Labute approximate surface area is 155 Å². The summed E-state index contributed by atoms with van der Waals surface area (Å²) in [5, 5.41) is 13.2. The van der Waals surface area contributed by atoms with Crippen molar-refractivity contribution in [2.45, 2.75) is 6.42 Å². The van der Waals surface area contributed by atoms with Crippen LogP contribution in [0.15, 0.2) is 48.5 Å². The Morgan fingerprint density at radius 1 is 1.07 bits per heavy atom. The molecule has 1 N–H and O–H groups in total. The quantitative estimate of drug-likeness (QED) is 0.407. The van der Waals surface area contributed by atoms with Gasteiger partial charge in [0.1, 0.15) is 17.2 Å². The van der Waals surface area contributed by atoms with Gasteiger partial charge in [0.05, 0.1) is 25.1 Å². The molecule has 2 aromatic rings. The Morgan fingerprint density at radius 3 is 2.41 bits per heavy atom. The first kappa shape index (κ1) is 19.7. The third-order valence-corrected chi connectivity index (χ3v) is 3.37. The number of benzene rings is 2. The molecule has 0 radical (unpaired) electrons. The lowest BCUT2D eigenvalue weighted by atomic mass is 10.2. The number of esters is 1. The van der Waals surface area contributed by atoms with Crippen molar-refractivity contribution in [2.24, 2.45) is 0 Å². The topological polar surface area (TPSA) is 117 Å². The summed E-state index contributed by atoms with van der Waals surface area (Å²) < 4.78 is 15.2. The molecule has 0 aromatic heterocycles. The zero-order valence-corrected chi connectivity index (χ0v) is 14.5. The first-order chi connectivity index (χ1) is 13.0. The molecular weight excluding hydrogens is 356 g/mol. The fraction of sp³-hybridized carbons (Fsp3) is 0.222. The second kappa shape index (κ2) is 9.76. The molecule has 1 amide bonds. The molecule has 27 heavy (non-hydrogen) atoms. The van der Waals surface area contributed by atoms with Crippen LogP contribution in [-0.4, -0.2) is 37.1 Å². The number of nitro groups is 1. The summed E-state index contributed by atoms with van der Waals surface area (Å²) in [5.41, 5.74) is -0.212. The van der Waals surface area contributed by atoms with E-state index in [-0.39, 0.29) is 24.4 Å². The van der Waals surface area contributed by atoms with E-state index < -0.39 is 23.4 Å². The Hall–Kier alpha value is -3.62. The largest absolute Gasteiger partial charge is 0.497 e. The third-order valence-electron chi connectivity index (χ3n) is 3.37. The minimum Gasteiger partial charge on any atom is -0.497 e. The van der Waals surface area contributed by atoms with E-state index in [1.165, 1.54) is 18.2 Å². The van der Waals surface area contributed by atoms with Crippen LogP contribution in [0.2, 0.25) is 0 Å². The van der Waals surface area contributed by atoms with E-state index in [4.69, 9.17) is 14.2 Å². The van der Waals surface area contributed by atoms with Crippen LogP contribution < -0.4 is 14.8 Å². The fourth-order valence-corrected chi connectivity index (χ4v) is 2.07. The number of carbonyl (C=O) groups is 2. The van der Waals surface area contributed by atoms with E-state index in [2.05, 4.69) is 5.32 Å². The van der Waals surface area contributed by atoms with Gasteiger partial charge in [-0.1, -0.05) is 12.1 Å². The van der Waals surface area contributed by atoms with Crippen molar-refractivity contribution in [3.63, 3.8) is 0 Å². The SMILES string of the molecule is COc1ccc(OCCC(=O)OCC(=O)Nc2ccccc2[N+](=O)[O-])cc1. The van der Waals surface area contributed by atoms with Gasteiger partial charge in [0.15, 0.2) is 6.61 Å². The summed E-state index contributed by atoms with van der Waals surface area (Å²) in [6, 6.07) is 12.5. The van der Waals surface area contributed by atoms with Gasteiger partial charge in [-0.25, -0.2) is 0 Å². The van der Waals surface area contributed by atoms with Crippen LogP contribution in [0.3, 0.4) is 0 Å². The van der Waals surface area contributed by atoms with E-state index >= 15 is 0 Å². The van der Waals surface area contributed by atoms with Crippen molar-refractivity contribution in [1.29, 1.82) is 0 Å². The number of hydrogen-bond donors (Lipinski definition) is 1. The first-order valence-electron chi connectivity index (χ1n) is 7.95. The van der Waals surface area contributed by atoms with Crippen molar-refractivity contribution in [3.8, 4) is 11.5 Å². The van der Waals surface area contributed by atoms with Crippen LogP contribution in [0.4, 0.5) is 11.4 Å². The fourth-order valence-electron chi connectivity index (χ4n) is 2.07. The van der Waals surface area contributed by atoms with Gasteiger partial charge in [-0.15, -0.1) is 0 Å². The smallest absolute Gasteiger partial charge is 0.309 e. The number of anilines is 1. The molecule has 2 aromatic carbocycles. The van der Waals surface area contributed by atoms with Gasteiger partial charge in [-0.3, -0.25) is 19.7 Å². The lowest BCUT2D eigenvalue weighted by molar-refractivity contribution is -0.383. The standard InChI is InChI=1S/C18H18N2O7/c1-25-13-6-8-14(9-7-13)26-11-10-18(22)27-12-17(21)19-15-4-2-3-5-16(15)20(23)24/h2-9H,10-12H2,1H3,(H,19,21). The van der Waals surface area contributed by atoms with Gasteiger partial charge in [-0.05, 0) is 30.3 Å². The number of nitro benzene ring substituents is 1. The van der Waals surface area contributed by atoms with Crippen LogP contribution in [0.1, 0.15) is 6.42 Å². The Morgan fingerprint density at radius 2 is 1.74 bits per heavy atom. The number of nitrogens with zero attached hydrogens (tertiary/aromatic N) is 1. The number of rotatable bonds is 9. The van der Waals surface area contributed by atoms with E-state index in [9.17, 15) is 19.7 Å².